The fourth-order valence-corrected chi connectivity index (χ4v) is 2.99. The lowest BCUT2D eigenvalue weighted by Crippen LogP contribution is -2.53. The van der Waals surface area contributed by atoms with Crippen LogP contribution in [0.1, 0.15) is 41.5 Å². The van der Waals surface area contributed by atoms with E-state index in [0.717, 1.165) is 59.0 Å². The van der Waals surface area contributed by atoms with Crippen LogP contribution < -0.4 is 5.32 Å². The zero-order valence-electron chi connectivity index (χ0n) is 18.8. The summed E-state index contributed by atoms with van der Waals surface area (Å²) in [5.74, 6) is 0. The maximum absolute atomic E-state index is 5.69. The highest BCUT2D eigenvalue weighted by Crippen LogP contribution is 2.15. The van der Waals surface area contributed by atoms with Crippen molar-refractivity contribution >= 4 is 0 Å². The van der Waals surface area contributed by atoms with E-state index in [9.17, 15) is 0 Å². The first kappa shape index (κ1) is 24.8. The molecule has 0 radical (unpaired) electrons. The third kappa shape index (κ3) is 13.6. The van der Waals surface area contributed by atoms with E-state index < -0.39 is 0 Å². The Morgan fingerprint density at radius 3 is 1.74 bits per heavy atom. The van der Waals surface area contributed by atoms with Crippen LogP contribution in [0.4, 0.5) is 0 Å². The van der Waals surface area contributed by atoms with Crippen molar-refractivity contribution in [2.24, 2.45) is 5.41 Å². The molecule has 27 heavy (non-hydrogen) atoms. The van der Waals surface area contributed by atoms with E-state index in [1.54, 1.807) is 0 Å². The van der Waals surface area contributed by atoms with Crippen LogP contribution in [0.5, 0.6) is 0 Å². The molecule has 6 nitrogen and oxygen atoms in total. The smallest absolute Gasteiger partial charge is 0.0701 e. The molecule has 1 fully saturated rings. The average molecular weight is 388 g/mol. The highest BCUT2D eigenvalue weighted by atomic mass is 16.5. The van der Waals surface area contributed by atoms with E-state index in [4.69, 9.17) is 14.2 Å². The van der Waals surface area contributed by atoms with Crippen LogP contribution in [0.3, 0.4) is 0 Å². The molecule has 0 amide bonds. The van der Waals surface area contributed by atoms with Gasteiger partial charge in [-0.15, -0.1) is 0 Å². The highest BCUT2D eigenvalue weighted by Gasteiger charge is 2.25. The number of ether oxygens (including phenoxy) is 3. The molecule has 0 aromatic heterocycles. The van der Waals surface area contributed by atoms with Gasteiger partial charge >= 0.3 is 0 Å². The minimum absolute atomic E-state index is 0.284. The van der Waals surface area contributed by atoms with Crippen molar-refractivity contribution in [2.45, 2.75) is 47.1 Å². The van der Waals surface area contributed by atoms with Gasteiger partial charge < -0.3 is 19.5 Å². The number of hydrogen-bond acceptors (Lipinski definition) is 6. The molecule has 0 aliphatic carbocycles. The van der Waals surface area contributed by atoms with Crippen molar-refractivity contribution in [3.63, 3.8) is 0 Å². The van der Waals surface area contributed by atoms with Crippen LogP contribution in [-0.4, -0.2) is 101 Å². The summed E-state index contributed by atoms with van der Waals surface area (Å²) in [7, 11) is 0. The minimum Gasteiger partial charge on any atom is -0.378 e. The maximum Gasteiger partial charge on any atom is 0.0701 e. The zero-order valence-corrected chi connectivity index (χ0v) is 18.8. The predicted octanol–water partition coefficient (Wildman–Crippen LogP) is 2.09. The minimum atomic E-state index is 0.284. The van der Waals surface area contributed by atoms with Gasteiger partial charge in [-0.25, -0.2) is 0 Å². The van der Waals surface area contributed by atoms with Crippen molar-refractivity contribution in [1.29, 1.82) is 0 Å². The molecule has 0 bridgehead atoms. The van der Waals surface area contributed by atoms with Crippen LogP contribution in [0, 0.1) is 5.41 Å². The third-order valence-corrected chi connectivity index (χ3v) is 4.70. The SMILES string of the molecule is CC(C)(C)CNCCOCCOCCOCCN1CCN(C(C)(C)C)CC1. The van der Waals surface area contributed by atoms with Gasteiger partial charge in [0.05, 0.1) is 39.6 Å². The second kappa shape index (κ2) is 13.1. The van der Waals surface area contributed by atoms with Gasteiger partial charge in [-0.3, -0.25) is 9.80 Å². The van der Waals surface area contributed by atoms with Crippen LogP contribution >= 0.6 is 0 Å². The Kier molecular flexibility index (Phi) is 12.0. The number of nitrogens with zero attached hydrogens (tertiary/aromatic N) is 2. The lowest BCUT2D eigenvalue weighted by atomic mass is 9.97. The lowest BCUT2D eigenvalue weighted by Gasteiger charge is -2.42. The predicted molar refractivity (Wildman–Crippen MR) is 113 cm³/mol. The summed E-state index contributed by atoms with van der Waals surface area (Å²) < 4.78 is 16.8. The fourth-order valence-electron chi connectivity index (χ4n) is 2.99. The van der Waals surface area contributed by atoms with Gasteiger partial charge in [0.25, 0.3) is 0 Å². The quantitative estimate of drug-likeness (QED) is 0.488. The second-order valence-electron chi connectivity index (χ2n) is 9.57. The Labute approximate surface area is 167 Å². The molecule has 0 saturated carbocycles. The lowest BCUT2D eigenvalue weighted by molar-refractivity contribution is 0.00454. The monoisotopic (exact) mass is 387 g/mol. The Morgan fingerprint density at radius 2 is 1.22 bits per heavy atom. The highest BCUT2D eigenvalue weighted by molar-refractivity contribution is 4.81. The number of piperazine rings is 1. The Balaban J connectivity index is 1.81. The molecule has 6 heteroatoms. The molecule has 1 saturated heterocycles. The number of nitrogens with one attached hydrogen (secondary N) is 1. The van der Waals surface area contributed by atoms with E-state index in [0.29, 0.717) is 31.8 Å². The van der Waals surface area contributed by atoms with E-state index >= 15 is 0 Å². The molecule has 1 heterocycles. The largest absolute Gasteiger partial charge is 0.378 e. The Morgan fingerprint density at radius 1 is 0.704 bits per heavy atom. The molecule has 0 spiro atoms. The Hall–Kier alpha value is -0.240. The number of hydrogen-bond donors (Lipinski definition) is 1. The summed E-state index contributed by atoms with van der Waals surface area (Å²) >= 11 is 0. The van der Waals surface area contributed by atoms with Gasteiger partial charge in [0.1, 0.15) is 0 Å². The molecule has 1 aliphatic rings. The molecule has 0 unspecified atom stereocenters. The first-order valence-electron chi connectivity index (χ1n) is 10.6. The molecule has 1 aliphatic heterocycles. The van der Waals surface area contributed by atoms with Gasteiger partial charge in [0.15, 0.2) is 0 Å². The first-order chi connectivity index (χ1) is 12.7. The average Bonchev–Trinajstić information content (AvgIpc) is 2.57. The standard InChI is InChI=1S/C21H45N3O3/c1-20(2,3)19-22-7-13-25-15-17-27-18-16-26-14-12-23-8-10-24(11-9-23)21(4,5)6/h22H,7-19H2,1-6H3. The summed E-state index contributed by atoms with van der Waals surface area (Å²) in [5.41, 5.74) is 0.608. The molecule has 0 atom stereocenters. The molecular formula is C21H45N3O3. The fraction of sp³-hybridized carbons (Fsp3) is 1.00. The van der Waals surface area contributed by atoms with Crippen molar-refractivity contribution in [3.05, 3.63) is 0 Å². The van der Waals surface area contributed by atoms with E-state index in [-0.39, 0.29) is 5.54 Å². The molecule has 1 rings (SSSR count). The molecule has 0 aromatic rings. The van der Waals surface area contributed by atoms with Crippen LogP contribution in [0.25, 0.3) is 0 Å². The van der Waals surface area contributed by atoms with Crippen molar-refractivity contribution in [2.75, 3.05) is 85.5 Å². The van der Waals surface area contributed by atoms with Crippen molar-refractivity contribution in [3.8, 4) is 0 Å². The summed E-state index contributed by atoms with van der Waals surface area (Å²) in [6.45, 7) is 25.2. The van der Waals surface area contributed by atoms with Gasteiger partial charge in [-0.05, 0) is 26.2 Å². The molecule has 0 aromatic carbocycles. The summed E-state index contributed by atoms with van der Waals surface area (Å²) in [6, 6.07) is 0. The normalized spacial score (nSPS) is 17.6. The van der Waals surface area contributed by atoms with Crippen LogP contribution in [0.2, 0.25) is 0 Å². The van der Waals surface area contributed by atoms with E-state index in [1.807, 2.05) is 0 Å². The third-order valence-electron chi connectivity index (χ3n) is 4.70. The van der Waals surface area contributed by atoms with Gasteiger partial charge in [-0.2, -0.15) is 0 Å². The van der Waals surface area contributed by atoms with Crippen LogP contribution in [0.15, 0.2) is 0 Å². The summed E-state index contributed by atoms with van der Waals surface area (Å²) in [6.07, 6.45) is 0. The maximum atomic E-state index is 5.69. The summed E-state index contributed by atoms with van der Waals surface area (Å²) in [5, 5.41) is 3.39. The molecule has 1 N–H and O–H groups in total. The number of rotatable bonds is 13. The van der Waals surface area contributed by atoms with E-state index in [1.165, 1.54) is 0 Å². The zero-order chi connectivity index (χ0) is 20.2. The van der Waals surface area contributed by atoms with Crippen molar-refractivity contribution < 1.29 is 14.2 Å². The van der Waals surface area contributed by atoms with Gasteiger partial charge in [0.2, 0.25) is 0 Å². The first-order valence-corrected chi connectivity index (χ1v) is 10.6. The summed E-state index contributed by atoms with van der Waals surface area (Å²) in [4.78, 5) is 5.05. The topological polar surface area (TPSA) is 46.2 Å². The van der Waals surface area contributed by atoms with Gasteiger partial charge in [0, 0.05) is 51.4 Å². The molecule has 162 valence electrons. The van der Waals surface area contributed by atoms with E-state index in [2.05, 4.69) is 56.7 Å². The van der Waals surface area contributed by atoms with Crippen molar-refractivity contribution in [1.82, 2.24) is 15.1 Å². The Bertz CT molecular complexity index is 359. The second-order valence-corrected chi connectivity index (χ2v) is 9.57. The molecular weight excluding hydrogens is 342 g/mol. The van der Waals surface area contributed by atoms with Gasteiger partial charge in [-0.1, -0.05) is 20.8 Å². The van der Waals surface area contributed by atoms with Crippen LogP contribution in [-0.2, 0) is 14.2 Å².